The highest BCUT2D eigenvalue weighted by molar-refractivity contribution is 7.85. The summed E-state index contributed by atoms with van der Waals surface area (Å²) in [4.78, 5) is 7.56. The molecule has 0 unspecified atom stereocenters. The van der Waals surface area contributed by atoms with E-state index in [-0.39, 0.29) is 0 Å². The number of aryl methyl sites for hydroxylation is 1. The molecule has 1 aromatic heterocycles. The first kappa shape index (κ1) is 12.8. The van der Waals surface area contributed by atoms with Gasteiger partial charge in [-0.1, -0.05) is 17.7 Å². The van der Waals surface area contributed by atoms with Gasteiger partial charge in [-0.3, -0.25) is 4.98 Å². The van der Waals surface area contributed by atoms with Gasteiger partial charge in [0.05, 0.1) is 21.4 Å². The number of rotatable bonds is 3. The molecule has 0 aliphatic rings. The largest absolute Gasteiger partial charge is 0.377 e. The lowest BCUT2D eigenvalue weighted by molar-refractivity contribution is 0.682. The zero-order valence-electron chi connectivity index (χ0n) is 10.8. The van der Waals surface area contributed by atoms with Crippen molar-refractivity contribution in [3.05, 3.63) is 48.3 Å². The lowest BCUT2D eigenvalue weighted by Gasteiger charge is -2.16. The normalized spacial score (nSPS) is 12.2. The number of anilines is 1. The summed E-state index contributed by atoms with van der Waals surface area (Å²) in [6, 6.07) is 9.62. The second kappa shape index (κ2) is 5.31. The second-order valence-electron chi connectivity index (χ2n) is 4.32. The van der Waals surface area contributed by atoms with Crippen molar-refractivity contribution in [2.24, 2.45) is 0 Å². The van der Waals surface area contributed by atoms with Gasteiger partial charge in [0, 0.05) is 31.4 Å². The lowest BCUT2D eigenvalue weighted by Crippen LogP contribution is -2.12. The Labute approximate surface area is 110 Å². The van der Waals surface area contributed by atoms with Crippen LogP contribution in [0.1, 0.15) is 5.56 Å². The molecule has 1 atom stereocenters. The van der Waals surface area contributed by atoms with E-state index in [9.17, 15) is 4.21 Å². The van der Waals surface area contributed by atoms with Crippen molar-refractivity contribution in [3.8, 4) is 0 Å². The van der Waals surface area contributed by atoms with Crippen LogP contribution < -0.4 is 4.90 Å². The Kier molecular flexibility index (Phi) is 3.77. The fraction of sp³-hybridized carbons (Fsp3) is 0.214. The van der Waals surface area contributed by atoms with Crippen LogP contribution in [0.15, 0.2) is 52.5 Å². The minimum Gasteiger partial charge on any atom is -0.377 e. The van der Waals surface area contributed by atoms with Crippen LogP contribution in [-0.2, 0) is 10.8 Å². The van der Waals surface area contributed by atoms with E-state index in [0.29, 0.717) is 0 Å². The number of pyridine rings is 1. The minimum atomic E-state index is -1.19. The van der Waals surface area contributed by atoms with E-state index in [1.54, 1.807) is 12.4 Å². The quantitative estimate of drug-likeness (QED) is 0.850. The van der Waals surface area contributed by atoms with Crippen LogP contribution in [0, 0.1) is 6.92 Å². The van der Waals surface area contributed by atoms with Crippen molar-refractivity contribution in [1.29, 1.82) is 0 Å². The van der Waals surface area contributed by atoms with Crippen LogP contribution >= 0.6 is 0 Å². The number of hydrogen-bond donors (Lipinski definition) is 0. The van der Waals surface area contributed by atoms with E-state index in [2.05, 4.69) is 4.98 Å². The van der Waals surface area contributed by atoms with Crippen LogP contribution in [-0.4, -0.2) is 23.3 Å². The molecule has 2 rings (SSSR count). The predicted octanol–water partition coefficient (Wildman–Crippen LogP) is 2.62. The van der Waals surface area contributed by atoms with Crippen molar-refractivity contribution >= 4 is 16.5 Å². The number of hydrogen-bond acceptors (Lipinski definition) is 3. The topological polar surface area (TPSA) is 33.2 Å². The second-order valence-corrected chi connectivity index (χ2v) is 5.77. The Hall–Kier alpha value is -1.68. The third kappa shape index (κ3) is 2.59. The monoisotopic (exact) mass is 260 g/mol. The first-order valence-corrected chi connectivity index (χ1v) is 6.84. The molecule has 18 heavy (non-hydrogen) atoms. The zero-order chi connectivity index (χ0) is 13.1. The van der Waals surface area contributed by atoms with Gasteiger partial charge >= 0.3 is 0 Å². The Morgan fingerprint density at radius 3 is 2.39 bits per heavy atom. The molecule has 4 heteroatoms. The molecule has 0 amide bonds. The number of nitrogens with zero attached hydrogens (tertiary/aromatic N) is 2. The summed E-state index contributed by atoms with van der Waals surface area (Å²) in [6.45, 7) is 2.02. The maximum absolute atomic E-state index is 12.5. The average Bonchev–Trinajstić information content (AvgIpc) is 2.39. The molecule has 3 nitrogen and oxygen atoms in total. The van der Waals surface area contributed by atoms with Gasteiger partial charge in [0.25, 0.3) is 0 Å². The Bertz CT molecular complexity index is 564. The summed E-state index contributed by atoms with van der Waals surface area (Å²) in [5.74, 6) is 0. The first-order valence-electron chi connectivity index (χ1n) is 5.69. The predicted molar refractivity (Wildman–Crippen MR) is 74.4 cm³/mol. The Balaban J connectivity index is 2.43. The SMILES string of the molecule is Cc1ccc([S@](=O)c2cnccc2N(C)C)cc1. The highest BCUT2D eigenvalue weighted by Crippen LogP contribution is 2.25. The standard InChI is InChI=1S/C14H16N2OS/c1-11-4-6-12(7-5-11)18(17)14-10-15-9-8-13(14)16(2)3/h4-10H,1-3H3/t18-/m0/s1. The van der Waals surface area contributed by atoms with Crippen molar-refractivity contribution in [2.45, 2.75) is 16.7 Å². The van der Waals surface area contributed by atoms with Gasteiger partial charge in [0.15, 0.2) is 0 Å². The van der Waals surface area contributed by atoms with Crippen molar-refractivity contribution in [2.75, 3.05) is 19.0 Å². The fourth-order valence-electron chi connectivity index (χ4n) is 1.67. The van der Waals surface area contributed by atoms with Gasteiger partial charge in [-0.25, -0.2) is 4.21 Å². The van der Waals surface area contributed by atoms with Crippen LogP contribution in [0.4, 0.5) is 5.69 Å². The van der Waals surface area contributed by atoms with Gasteiger partial charge < -0.3 is 4.90 Å². The van der Waals surface area contributed by atoms with Crippen LogP contribution in [0.2, 0.25) is 0 Å². The molecular formula is C14H16N2OS. The summed E-state index contributed by atoms with van der Waals surface area (Å²) in [5.41, 5.74) is 2.10. The van der Waals surface area contributed by atoms with Crippen LogP contribution in [0.5, 0.6) is 0 Å². The number of aromatic nitrogens is 1. The van der Waals surface area contributed by atoms with Gasteiger partial charge in [-0.15, -0.1) is 0 Å². The molecule has 94 valence electrons. The lowest BCUT2D eigenvalue weighted by atomic mass is 10.2. The van der Waals surface area contributed by atoms with E-state index in [0.717, 1.165) is 21.0 Å². The Morgan fingerprint density at radius 2 is 1.78 bits per heavy atom. The first-order chi connectivity index (χ1) is 8.59. The van der Waals surface area contributed by atoms with Crippen LogP contribution in [0.3, 0.4) is 0 Å². The Morgan fingerprint density at radius 1 is 1.11 bits per heavy atom. The third-order valence-corrected chi connectivity index (χ3v) is 4.09. The molecule has 0 aliphatic heterocycles. The molecule has 0 aliphatic carbocycles. The molecule has 0 saturated carbocycles. The highest BCUT2D eigenvalue weighted by atomic mass is 32.2. The van der Waals surface area contributed by atoms with Crippen molar-refractivity contribution in [3.63, 3.8) is 0 Å². The maximum atomic E-state index is 12.5. The number of benzene rings is 1. The van der Waals surface area contributed by atoms with E-state index in [4.69, 9.17) is 0 Å². The molecule has 0 N–H and O–H groups in total. The molecular weight excluding hydrogens is 244 g/mol. The summed E-state index contributed by atoms with van der Waals surface area (Å²) < 4.78 is 12.5. The summed E-state index contributed by atoms with van der Waals surface area (Å²) in [6.07, 6.45) is 3.39. The van der Waals surface area contributed by atoms with Crippen LogP contribution in [0.25, 0.3) is 0 Å². The highest BCUT2D eigenvalue weighted by Gasteiger charge is 2.13. The molecule has 0 saturated heterocycles. The van der Waals surface area contributed by atoms with Gasteiger partial charge in [-0.2, -0.15) is 0 Å². The molecule has 0 bridgehead atoms. The van der Waals surface area contributed by atoms with E-state index in [1.165, 1.54) is 0 Å². The van der Waals surface area contributed by atoms with Gasteiger partial charge in [-0.05, 0) is 25.1 Å². The summed E-state index contributed by atoms with van der Waals surface area (Å²) in [7, 11) is 2.68. The zero-order valence-corrected chi connectivity index (χ0v) is 11.6. The summed E-state index contributed by atoms with van der Waals surface area (Å²) >= 11 is 0. The van der Waals surface area contributed by atoms with Crippen molar-refractivity contribution in [1.82, 2.24) is 4.98 Å². The van der Waals surface area contributed by atoms with Crippen molar-refractivity contribution < 1.29 is 4.21 Å². The molecule has 0 radical (unpaired) electrons. The minimum absolute atomic E-state index is 0.742. The molecule has 2 aromatic rings. The summed E-state index contributed by atoms with van der Waals surface area (Å²) in [5, 5.41) is 0. The van der Waals surface area contributed by atoms with E-state index >= 15 is 0 Å². The van der Waals surface area contributed by atoms with Gasteiger partial charge in [0.1, 0.15) is 0 Å². The third-order valence-electron chi connectivity index (χ3n) is 2.68. The molecule has 0 fully saturated rings. The smallest absolute Gasteiger partial charge is 0.0886 e. The van der Waals surface area contributed by atoms with E-state index in [1.807, 2.05) is 56.3 Å². The average molecular weight is 260 g/mol. The van der Waals surface area contributed by atoms with Gasteiger partial charge in [0.2, 0.25) is 0 Å². The van der Waals surface area contributed by atoms with E-state index < -0.39 is 10.8 Å². The fourth-order valence-corrected chi connectivity index (χ4v) is 2.91. The maximum Gasteiger partial charge on any atom is 0.0886 e. The molecule has 1 aromatic carbocycles. The molecule has 0 spiro atoms. The molecule has 1 heterocycles.